The van der Waals surface area contributed by atoms with Gasteiger partial charge in [-0.25, -0.2) is 0 Å². The SMILES string of the molecule is CC(=O)C1OC(C)C(C)c2c(C)c(O)cc(O)c21. The minimum absolute atomic E-state index is 0.0219. The maximum absolute atomic E-state index is 11.7. The lowest BCUT2D eigenvalue weighted by molar-refractivity contribution is -0.134. The standard InChI is InChI=1S/C14H18O4/c1-6-9(4)18-14(8(3)15)13-11(17)5-10(16)7(2)12(6)13/h5-6,9,14,16-17H,1-4H3. The Kier molecular flexibility index (Phi) is 3.07. The highest BCUT2D eigenvalue weighted by molar-refractivity contribution is 5.84. The molecule has 2 N–H and O–H groups in total. The summed E-state index contributed by atoms with van der Waals surface area (Å²) in [4.78, 5) is 11.7. The monoisotopic (exact) mass is 250 g/mol. The zero-order valence-electron chi connectivity index (χ0n) is 11.0. The lowest BCUT2D eigenvalue weighted by Crippen LogP contribution is -2.31. The van der Waals surface area contributed by atoms with Crippen molar-refractivity contribution in [2.45, 2.75) is 45.8 Å². The molecule has 0 bridgehead atoms. The van der Waals surface area contributed by atoms with E-state index in [9.17, 15) is 15.0 Å². The van der Waals surface area contributed by atoms with Crippen LogP contribution in [0.1, 0.15) is 49.5 Å². The number of phenolic OH excluding ortho intramolecular Hbond substituents is 2. The fourth-order valence-corrected chi connectivity index (χ4v) is 2.59. The first-order valence-corrected chi connectivity index (χ1v) is 6.05. The van der Waals surface area contributed by atoms with Gasteiger partial charge in [-0.3, -0.25) is 4.79 Å². The van der Waals surface area contributed by atoms with Crippen LogP contribution in [-0.2, 0) is 9.53 Å². The number of carbonyl (C=O) groups is 1. The van der Waals surface area contributed by atoms with Crippen LogP contribution in [0.2, 0.25) is 0 Å². The number of ether oxygens (including phenoxy) is 1. The lowest BCUT2D eigenvalue weighted by atomic mass is 9.82. The van der Waals surface area contributed by atoms with Gasteiger partial charge in [-0.1, -0.05) is 6.92 Å². The van der Waals surface area contributed by atoms with Crippen molar-refractivity contribution in [3.63, 3.8) is 0 Å². The molecule has 0 radical (unpaired) electrons. The molecule has 3 unspecified atom stereocenters. The van der Waals surface area contributed by atoms with Crippen molar-refractivity contribution < 1.29 is 19.7 Å². The van der Waals surface area contributed by atoms with Gasteiger partial charge in [0, 0.05) is 17.5 Å². The zero-order valence-corrected chi connectivity index (χ0v) is 11.0. The second-order valence-corrected chi connectivity index (χ2v) is 4.99. The van der Waals surface area contributed by atoms with Crippen LogP contribution in [0.15, 0.2) is 6.07 Å². The molecule has 2 rings (SSSR count). The number of fused-ring (bicyclic) bond motifs is 1. The number of aromatic hydroxyl groups is 2. The number of hydrogen-bond donors (Lipinski definition) is 2. The molecule has 0 aromatic heterocycles. The van der Waals surface area contributed by atoms with Crippen LogP contribution in [0, 0.1) is 6.92 Å². The molecule has 4 nitrogen and oxygen atoms in total. The van der Waals surface area contributed by atoms with Crippen LogP contribution in [0.5, 0.6) is 11.5 Å². The number of benzene rings is 1. The molecule has 1 aromatic rings. The average molecular weight is 250 g/mol. The molecule has 3 atom stereocenters. The molecule has 0 amide bonds. The zero-order chi connectivity index (χ0) is 13.6. The van der Waals surface area contributed by atoms with Crippen molar-refractivity contribution >= 4 is 5.78 Å². The number of rotatable bonds is 1. The molecule has 0 saturated carbocycles. The second kappa shape index (κ2) is 4.28. The minimum atomic E-state index is -0.745. The smallest absolute Gasteiger partial charge is 0.163 e. The van der Waals surface area contributed by atoms with Gasteiger partial charge in [0.1, 0.15) is 17.6 Å². The highest BCUT2D eigenvalue weighted by Crippen LogP contribution is 2.46. The van der Waals surface area contributed by atoms with Gasteiger partial charge in [-0.2, -0.15) is 0 Å². The van der Waals surface area contributed by atoms with E-state index in [1.165, 1.54) is 13.0 Å². The fraction of sp³-hybridized carbons (Fsp3) is 0.500. The van der Waals surface area contributed by atoms with E-state index in [0.717, 1.165) is 5.56 Å². The van der Waals surface area contributed by atoms with E-state index in [2.05, 4.69) is 0 Å². The summed E-state index contributed by atoms with van der Waals surface area (Å²) >= 11 is 0. The molecular weight excluding hydrogens is 232 g/mol. The molecule has 1 aliphatic heterocycles. The fourth-order valence-electron chi connectivity index (χ4n) is 2.59. The maximum Gasteiger partial charge on any atom is 0.163 e. The summed E-state index contributed by atoms with van der Waals surface area (Å²) in [6, 6.07) is 1.27. The molecule has 0 aliphatic carbocycles. The van der Waals surface area contributed by atoms with E-state index < -0.39 is 6.10 Å². The van der Waals surface area contributed by atoms with Gasteiger partial charge in [0.15, 0.2) is 5.78 Å². The third kappa shape index (κ3) is 1.77. The van der Waals surface area contributed by atoms with Crippen LogP contribution in [0.3, 0.4) is 0 Å². The Labute approximate surface area is 106 Å². The van der Waals surface area contributed by atoms with Crippen molar-refractivity contribution in [3.8, 4) is 11.5 Å². The highest BCUT2D eigenvalue weighted by atomic mass is 16.5. The molecule has 1 aromatic carbocycles. The molecule has 0 saturated heterocycles. The van der Waals surface area contributed by atoms with Crippen molar-refractivity contribution in [2.75, 3.05) is 0 Å². The van der Waals surface area contributed by atoms with Gasteiger partial charge in [-0.15, -0.1) is 0 Å². The summed E-state index contributed by atoms with van der Waals surface area (Å²) in [5.41, 5.74) is 2.03. The van der Waals surface area contributed by atoms with E-state index in [0.29, 0.717) is 11.1 Å². The Bertz CT molecular complexity index is 507. The molecular formula is C14H18O4. The van der Waals surface area contributed by atoms with Crippen molar-refractivity contribution in [2.24, 2.45) is 0 Å². The maximum atomic E-state index is 11.7. The van der Waals surface area contributed by atoms with E-state index in [4.69, 9.17) is 4.74 Å². The van der Waals surface area contributed by atoms with E-state index in [-0.39, 0.29) is 29.3 Å². The van der Waals surface area contributed by atoms with Gasteiger partial charge < -0.3 is 14.9 Å². The van der Waals surface area contributed by atoms with Crippen molar-refractivity contribution in [1.82, 2.24) is 0 Å². The first-order valence-electron chi connectivity index (χ1n) is 6.05. The van der Waals surface area contributed by atoms with Crippen LogP contribution in [-0.4, -0.2) is 22.1 Å². The summed E-state index contributed by atoms with van der Waals surface area (Å²) in [5, 5.41) is 19.8. The van der Waals surface area contributed by atoms with Gasteiger partial charge in [0.05, 0.1) is 6.10 Å². The summed E-state index contributed by atoms with van der Waals surface area (Å²) in [5.74, 6) is -0.148. The summed E-state index contributed by atoms with van der Waals surface area (Å²) in [6.07, 6.45) is -0.878. The van der Waals surface area contributed by atoms with Crippen molar-refractivity contribution in [1.29, 1.82) is 0 Å². The van der Waals surface area contributed by atoms with Crippen LogP contribution in [0.25, 0.3) is 0 Å². The largest absolute Gasteiger partial charge is 0.508 e. The normalized spacial score (nSPS) is 26.8. The molecule has 0 spiro atoms. The first kappa shape index (κ1) is 12.9. The first-order chi connectivity index (χ1) is 8.34. The predicted molar refractivity (Wildman–Crippen MR) is 66.9 cm³/mol. The van der Waals surface area contributed by atoms with Gasteiger partial charge in [0.2, 0.25) is 0 Å². The van der Waals surface area contributed by atoms with Crippen LogP contribution >= 0.6 is 0 Å². The van der Waals surface area contributed by atoms with Crippen LogP contribution < -0.4 is 0 Å². The molecule has 98 valence electrons. The summed E-state index contributed by atoms with van der Waals surface area (Å²) < 4.78 is 5.67. The molecule has 1 aliphatic rings. The van der Waals surface area contributed by atoms with Gasteiger partial charge >= 0.3 is 0 Å². The summed E-state index contributed by atoms with van der Waals surface area (Å²) in [6.45, 7) is 7.09. The van der Waals surface area contributed by atoms with Gasteiger partial charge in [-0.05, 0) is 31.9 Å². The second-order valence-electron chi connectivity index (χ2n) is 4.99. The quantitative estimate of drug-likeness (QED) is 0.803. The van der Waals surface area contributed by atoms with E-state index in [1.807, 2.05) is 13.8 Å². The van der Waals surface area contributed by atoms with E-state index in [1.54, 1.807) is 6.92 Å². The van der Waals surface area contributed by atoms with E-state index >= 15 is 0 Å². The molecule has 1 heterocycles. The number of phenols is 2. The highest BCUT2D eigenvalue weighted by Gasteiger charge is 2.37. The average Bonchev–Trinajstić information content (AvgIpc) is 2.28. The Morgan fingerprint density at radius 2 is 1.83 bits per heavy atom. The topological polar surface area (TPSA) is 66.8 Å². The Balaban J connectivity index is 2.73. The Morgan fingerprint density at radius 3 is 2.39 bits per heavy atom. The minimum Gasteiger partial charge on any atom is -0.508 e. The number of Topliss-reactive ketones (excluding diaryl/α,β-unsaturated/α-hetero) is 1. The molecule has 4 heteroatoms. The van der Waals surface area contributed by atoms with Crippen molar-refractivity contribution in [3.05, 3.63) is 22.8 Å². The Morgan fingerprint density at radius 1 is 1.22 bits per heavy atom. The Hall–Kier alpha value is -1.55. The summed E-state index contributed by atoms with van der Waals surface area (Å²) in [7, 11) is 0. The third-order valence-corrected chi connectivity index (χ3v) is 3.77. The lowest BCUT2D eigenvalue weighted by Gasteiger charge is -2.35. The number of hydrogen-bond acceptors (Lipinski definition) is 4. The number of carbonyl (C=O) groups excluding carboxylic acids is 1. The van der Waals surface area contributed by atoms with Gasteiger partial charge in [0.25, 0.3) is 0 Å². The predicted octanol–water partition coefficient (Wildman–Crippen LogP) is 2.56. The number of ketones is 1. The van der Waals surface area contributed by atoms with Crippen LogP contribution in [0.4, 0.5) is 0 Å². The molecule has 18 heavy (non-hydrogen) atoms. The third-order valence-electron chi connectivity index (χ3n) is 3.77. The molecule has 0 fully saturated rings.